The normalized spacial score (nSPS) is 20.3. The minimum absolute atomic E-state index is 0.166. The molecule has 0 aromatic carbocycles. The van der Waals surface area contributed by atoms with Crippen molar-refractivity contribution in [3.63, 3.8) is 0 Å². The zero-order chi connectivity index (χ0) is 15.0. The van der Waals surface area contributed by atoms with Gasteiger partial charge in [-0.1, -0.05) is 11.6 Å². The third-order valence-electron chi connectivity index (χ3n) is 3.91. The van der Waals surface area contributed by atoms with Crippen LogP contribution in [0.3, 0.4) is 0 Å². The second-order valence-corrected chi connectivity index (χ2v) is 8.32. The molecule has 1 aromatic rings. The van der Waals surface area contributed by atoms with E-state index in [4.69, 9.17) is 11.6 Å². The number of rotatable bonds is 6. The first-order valence-electron chi connectivity index (χ1n) is 7.24. The van der Waals surface area contributed by atoms with Gasteiger partial charge in [-0.15, -0.1) is 0 Å². The number of nitrogens with one attached hydrogen (secondary N) is 1. The van der Waals surface area contributed by atoms with Crippen LogP contribution in [0.1, 0.15) is 31.5 Å². The van der Waals surface area contributed by atoms with Crippen molar-refractivity contribution in [3.05, 3.63) is 17.0 Å². The van der Waals surface area contributed by atoms with E-state index in [9.17, 15) is 8.42 Å². The quantitative estimate of drug-likeness (QED) is 0.803. The molecule has 6 nitrogen and oxygen atoms in total. The number of anilines is 1. The number of hydrogen-bond acceptors (Lipinski definition) is 5. The Morgan fingerprint density at radius 2 is 2.10 bits per heavy atom. The molecule has 2 fully saturated rings. The van der Waals surface area contributed by atoms with Crippen LogP contribution in [0.5, 0.6) is 0 Å². The van der Waals surface area contributed by atoms with Crippen molar-refractivity contribution in [2.24, 2.45) is 5.92 Å². The molecule has 2 aliphatic rings. The summed E-state index contributed by atoms with van der Waals surface area (Å²) in [7, 11) is -3.03. The van der Waals surface area contributed by atoms with Crippen LogP contribution in [0, 0.1) is 5.92 Å². The van der Waals surface area contributed by atoms with Gasteiger partial charge in [0.2, 0.25) is 10.0 Å². The van der Waals surface area contributed by atoms with Crippen molar-refractivity contribution in [2.45, 2.75) is 25.7 Å². The first-order valence-corrected chi connectivity index (χ1v) is 9.23. The Labute approximate surface area is 130 Å². The zero-order valence-corrected chi connectivity index (χ0v) is 13.5. The highest BCUT2D eigenvalue weighted by atomic mass is 35.5. The Hall–Kier alpha value is -0.920. The predicted octanol–water partition coefficient (Wildman–Crippen LogP) is 1.70. The van der Waals surface area contributed by atoms with Crippen LogP contribution in [-0.4, -0.2) is 48.1 Å². The van der Waals surface area contributed by atoms with Crippen LogP contribution in [-0.2, 0) is 10.0 Å². The molecule has 0 atom stereocenters. The van der Waals surface area contributed by atoms with Gasteiger partial charge in [0.1, 0.15) is 16.8 Å². The van der Waals surface area contributed by atoms with Crippen molar-refractivity contribution in [2.75, 3.05) is 30.7 Å². The minimum atomic E-state index is -3.03. The van der Waals surface area contributed by atoms with Crippen LogP contribution in [0.4, 0.5) is 5.82 Å². The van der Waals surface area contributed by atoms with Gasteiger partial charge in [0, 0.05) is 37.5 Å². The Bertz CT molecular complexity index is 627. The maximum Gasteiger partial charge on any atom is 0.213 e. The smallest absolute Gasteiger partial charge is 0.213 e. The highest BCUT2D eigenvalue weighted by Crippen LogP contribution is 2.38. The Morgan fingerprint density at radius 1 is 1.38 bits per heavy atom. The Morgan fingerprint density at radius 3 is 2.71 bits per heavy atom. The average molecular weight is 331 g/mol. The molecule has 1 aromatic heterocycles. The summed E-state index contributed by atoms with van der Waals surface area (Å²) in [5.41, 5.74) is 0. The summed E-state index contributed by atoms with van der Waals surface area (Å²) in [6.07, 6.45) is 2.26. The Balaban J connectivity index is 1.53. The second kappa shape index (κ2) is 5.70. The van der Waals surface area contributed by atoms with Crippen molar-refractivity contribution in [1.29, 1.82) is 0 Å². The zero-order valence-electron chi connectivity index (χ0n) is 11.9. The number of aromatic nitrogens is 2. The van der Waals surface area contributed by atoms with Gasteiger partial charge < -0.3 is 5.32 Å². The highest BCUT2D eigenvalue weighted by Gasteiger charge is 2.34. The van der Waals surface area contributed by atoms with E-state index >= 15 is 0 Å². The highest BCUT2D eigenvalue weighted by molar-refractivity contribution is 7.89. The molecule has 8 heteroatoms. The summed E-state index contributed by atoms with van der Waals surface area (Å²) in [6, 6.07) is 1.71. The molecular weight excluding hydrogens is 312 g/mol. The molecule has 1 saturated heterocycles. The SMILES string of the molecule is CCS(=O)(=O)N1CC(CNc2cc(Cl)nc(C3CC3)n2)C1. The first-order chi connectivity index (χ1) is 9.98. The molecule has 1 aliphatic heterocycles. The van der Waals surface area contributed by atoms with Gasteiger partial charge in [0.05, 0.1) is 5.75 Å². The van der Waals surface area contributed by atoms with Crippen molar-refractivity contribution < 1.29 is 8.42 Å². The summed E-state index contributed by atoms with van der Waals surface area (Å²) in [4.78, 5) is 8.71. The molecule has 0 radical (unpaired) electrons. The third-order valence-corrected chi connectivity index (χ3v) is 5.92. The fourth-order valence-electron chi connectivity index (χ4n) is 2.36. The summed E-state index contributed by atoms with van der Waals surface area (Å²) < 4.78 is 24.8. The molecule has 1 aliphatic carbocycles. The largest absolute Gasteiger partial charge is 0.370 e. The fraction of sp³-hybridized carbons (Fsp3) is 0.692. The standard InChI is InChI=1S/C13H19ClN4O2S/c1-2-21(19,20)18-7-9(8-18)6-15-12-5-11(14)16-13(17-12)10-3-4-10/h5,9-10H,2-4,6-8H2,1H3,(H,15,16,17). The fourth-order valence-corrected chi connectivity index (χ4v) is 3.79. The van der Waals surface area contributed by atoms with Crippen molar-refractivity contribution in [1.82, 2.24) is 14.3 Å². The number of sulfonamides is 1. The van der Waals surface area contributed by atoms with Crippen LogP contribution < -0.4 is 5.32 Å². The lowest BCUT2D eigenvalue weighted by atomic mass is 10.0. The van der Waals surface area contributed by atoms with Gasteiger partial charge in [-0.2, -0.15) is 0 Å². The molecule has 3 rings (SSSR count). The molecule has 0 amide bonds. The molecule has 0 spiro atoms. The Kier molecular flexibility index (Phi) is 4.07. The molecule has 2 heterocycles. The summed E-state index contributed by atoms with van der Waals surface area (Å²) in [5.74, 6) is 2.49. The molecule has 0 unspecified atom stereocenters. The van der Waals surface area contributed by atoms with Crippen molar-refractivity contribution in [3.8, 4) is 0 Å². The lowest BCUT2D eigenvalue weighted by Gasteiger charge is -2.38. The monoisotopic (exact) mass is 330 g/mol. The van der Waals surface area contributed by atoms with E-state index in [1.807, 2.05) is 0 Å². The molecule has 1 saturated carbocycles. The van der Waals surface area contributed by atoms with Crippen LogP contribution in [0.25, 0.3) is 0 Å². The van der Waals surface area contributed by atoms with E-state index < -0.39 is 10.0 Å². The van der Waals surface area contributed by atoms with E-state index in [0.29, 0.717) is 36.6 Å². The molecule has 116 valence electrons. The molecule has 0 bridgehead atoms. The van der Waals surface area contributed by atoms with E-state index in [1.165, 1.54) is 4.31 Å². The van der Waals surface area contributed by atoms with Crippen LogP contribution >= 0.6 is 11.6 Å². The summed E-state index contributed by atoms with van der Waals surface area (Å²) in [6.45, 7) is 3.53. The van der Waals surface area contributed by atoms with Gasteiger partial charge in [-0.3, -0.25) is 0 Å². The molecule has 1 N–H and O–H groups in total. The van der Waals surface area contributed by atoms with Gasteiger partial charge in [0.25, 0.3) is 0 Å². The maximum atomic E-state index is 11.6. The minimum Gasteiger partial charge on any atom is -0.370 e. The first kappa shape index (κ1) is 15.0. The number of hydrogen-bond donors (Lipinski definition) is 1. The lowest BCUT2D eigenvalue weighted by Crippen LogP contribution is -2.52. The van der Waals surface area contributed by atoms with Crippen molar-refractivity contribution >= 4 is 27.4 Å². The van der Waals surface area contributed by atoms with Gasteiger partial charge in [0.15, 0.2) is 0 Å². The summed E-state index contributed by atoms with van der Waals surface area (Å²) in [5, 5.41) is 3.70. The topological polar surface area (TPSA) is 75.2 Å². The predicted molar refractivity (Wildman–Crippen MR) is 82.0 cm³/mol. The molecule has 21 heavy (non-hydrogen) atoms. The van der Waals surface area contributed by atoms with Gasteiger partial charge >= 0.3 is 0 Å². The number of halogens is 1. The lowest BCUT2D eigenvalue weighted by molar-refractivity contribution is 0.212. The summed E-state index contributed by atoms with van der Waals surface area (Å²) >= 11 is 6.01. The van der Waals surface area contributed by atoms with E-state index in [-0.39, 0.29) is 5.75 Å². The van der Waals surface area contributed by atoms with E-state index in [1.54, 1.807) is 13.0 Å². The van der Waals surface area contributed by atoms with Gasteiger partial charge in [-0.25, -0.2) is 22.7 Å². The average Bonchev–Trinajstić information content (AvgIpc) is 3.20. The van der Waals surface area contributed by atoms with Crippen LogP contribution in [0.2, 0.25) is 5.15 Å². The van der Waals surface area contributed by atoms with Gasteiger partial charge in [-0.05, 0) is 19.8 Å². The number of nitrogens with zero attached hydrogens (tertiary/aromatic N) is 3. The maximum absolute atomic E-state index is 11.6. The second-order valence-electron chi connectivity index (χ2n) is 5.67. The van der Waals surface area contributed by atoms with Crippen LogP contribution in [0.15, 0.2) is 6.07 Å². The third kappa shape index (κ3) is 3.46. The van der Waals surface area contributed by atoms with E-state index in [0.717, 1.165) is 24.5 Å². The molecular formula is C13H19ClN4O2S. The van der Waals surface area contributed by atoms with E-state index in [2.05, 4.69) is 15.3 Å².